The molecule has 116 valence electrons. The number of rotatable bonds is 5. The van der Waals surface area contributed by atoms with E-state index in [0.717, 1.165) is 15.6 Å². The third kappa shape index (κ3) is 4.56. The molecule has 0 spiro atoms. The average molecular weight is 466 g/mol. The van der Waals surface area contributed by atoms with E-state index in [-0.39, 0.29) is 5.92 Å². The zero-order chi connectivity index (χ0) is 16.1. The molecule has 1 aromatic carbocycles. The highest BCUT2D eigenvalue weighted by molar-refractivity contribution is 9.14. The second-order valence-electron chi connectivity index (χ2n) is 4.76. The van der Waals surface area contributed by atoms with Crippen LogP contribution in [0, 0.1) is 0 Å². The molecule has 2 atom stereocenters. The van der Waals surface area contributed by atoms with Gasteiger partial charge in [-0.05, 0) is 40.7 Å². The summed E-state index contributed by atoms with van der Waals surface area (Å²) < 4.78 is 0.923. The lowest BCUT2D eigenvalue weighted by Crippen LogP contribution is -2.12. The fraction of sp³-hybridized carbons (Fsp3) is 0.188. The van der Waals surface area contributed by atoms with Crippen LogP contribution in [0.4, 0.5) is 0 Å². The predicted molar refractivity (Wildman–Crippen MR) is 99.0 cm³/mol. The Balaban J connectivity index is 2.42. The maximum Gasteiger partial charge on any atom is 0.0877 e. The second-order valence-corrected chi connectivity index (χ2v) is 7.08. The Morgan fingerprint density at radius 2 is 2.09 bits per heavy atom. The summed E-state index contributed by atoms with van der Waals surface area (Å²) in [7, 11) is 0. The molecule has 2 unspecified atom stereocenters. The van der Waals surface area contributed by atoms with E-state index >= 15 is 0 Å². The first-order valence-corrected chi connectivity index (χ1v) is 8.97. The lowest BCUT2D eigenvalue weighted by Gasteiger charge is -2.24. The summed E-state index contributed by atoms with van der Waals surface area (Å²) in [5.74, 6) is -0.225. The number of allylic oxidation sites excluding steroid dienone is 1. The Morgan fingerprint density at radius 3 is 2.68 bits per heavy atom. The number of pyridine rings is 1. The van der Waals surface area contributed by atoms with Gasteiger partial charge >= 0.3 is 0 Å². The average Bonchev–Trinajstić information content (AvgIpc) is 2.53. The Kier molecular flexibility index (Phi) is 6.90. The van der Waals surface area contributed by atoms with E-state index in [1.807, 2.05) is 12.1 Å². The van der Waals surface area contributed by atoms with Crippen LogP contribution in [0.15, 0.2) is 52.2 Å². The Hall–Kier alpha value is -0.390. The summed E-state index contributed by atoms with van der Waals surface area (Å²) in [5, 5.41) is 11.9. The van der Waals surface area contributed by atoms with Crippen LogP contribution in [0.2, 0.25) is 10.0 Å². The Labute approximate surface area is 156 Å². The molecule has 0 bridgehead atoms. The molecule has 0 aliphatic carbocycles. The first-order chi connectivity index (χ1) is 10.5. The largest absolute Gasteiger partial charge is 0.388 e. The molecule has 2 aromatic rings. The second kappa shape index (κ2) is 8.46. The molecule has 0 amide bonds. The Bertz CT molecular complexity index is 664. The monoisotopic (exact) mass is 463 g/mol. The summed E-state index contributed by atoms with van der Waals surface area (Å²) >= 11 is 19.1. The van der Waals surface area contributed by atoms with Gasteiger partial charge in [-0.1, -0.05) is 67.2 Å². The number of aliphatic hydroxyl groups is 1. The highest BCUT2D eigenvalue weighted by Crippen LogP contribution is 2.40. The predicted octanol–water partition coefficient (Wildman–Crippen LogP) is 6.23. The molecule has 1 heterocycles. The molecule has 22 heavy (non-hydrogen) atoms. The van der Waals surface area contributed by atoms with Crippen LogP contribution in [-0.4, -0.2) is 10.1 Å². The molecule has 0 radical (unpaired) electrons. The van der Waals surface area contributed by atoms with Gasteiger partial charge in [0.05, 0.1) is 6.10 Å². The van der Waals surface area contributed by atoms with Crippen molar-refractivity contribution in [2.24, 2.45) is 0 Å². The van der Waals surface area contributed by atoms with Gasteiger partial charge in [0.25, 0.3) is 0 Å². The zero-order valence-electron chi connectivity index (χ0n) is 11.4. The van der Waals surface area contributed by atoms with Crippen LogP contribution in [-0.2, 0) is 0 Å². The minimum Gasteiger partial charge on any atom is -0.388 e. The van der Waals surface area contributed by atoms with E-state index in [2.05, 4.69) is 36.8 Å². The van der Waals surface area contributed by atoms with Crippen molar-refractivity contribution in [2.75, 3.05) is 0 Å². The highest BCUT2D eigenvalue weighted by atomic mass is 79.9. The number of hydrogen-bond donors (Lipinski definition) is 1. The molecule has 0 aliphatic rings. The molecule has 1 aromatic heterocycles. The van der Waals surface area contributed by atoms with Crippen molar-refractivity contribution in [1.29, 1.82) is 0 Å². The summed E-state index contributed by atoms with van der Waals surface area (Å²) in [6, 6.07) is 8.96. The first-order valence-electron chi connectivity index (χ1n) is 6.50. The van der Waals surface area contributed by atoms with Gasteiger partial charge in [0, 0.05) is 32.8 Å². The smallest absolute Gasteiger partial charge is 0.0877 e. The van der Waals surface area contributed by atoms with Crippen LogP contribution in [0.5, 0.6) is 0 Å². The lowest BCUT2D eigenvalue weighted by atomic mass is 9.87. The number of benzene rings is 1. The van der Waals surface area contributed by atoms with Crippen LogP contribution in [0.25, 0.3) is 0 Å². The number of halogens is 4. The molecule has 2 nitrogen and oxygen atoms in total. The molecule has 0 saturated carbocycles. The van der Waals surface area contributed by atoms with Crippen molar-refractivity contribution in [1.82, 2.24) is 4.98 Å². The zero-order valence-corrected chi connectivity index (χ0v) is 16.1. The van der Waals surface area contributed by atoms with Gasteiger partial charge < -0.3 is 5.11 Å². The van der Waals surface area contributed by atoms with Gasteiger partial charge in [-0.2, -0.15) is 0 Å². The van der Waals surface area contributed by atoms with E-state index in [1.165, 1.54) is 0 Å². The van der Waals surface area contributed by atoms with E-state index in [4.69, 9.17) is 23.2 Å². The number of nitrogens with zero attached hydrogens (tertiary/aromatic N) is 1. The Morgan fingerprint density at radius 1 is 1.32 bits per heavy atom. The van der Waals surface area contributed by atoms with Crippen molar-refractivity contribution in [3.8, 4) is 0 Å². The van der Waals surface area contributed by atoms with E-state index in [0.29, 0.717) is 16.5 Å². The minimum absolute atomic E-state index is 0.225. The minimum atomic E-state index is -0.729. The van der Waals surface area contributed by atoms with Gasteiger partial charge in [0.1, 0.15) is 0 Å². The first kappa shape index (κ1) is 18.0. The van der Waals surface area contributed by atoms with Gasteiger partial charge in [-0.3, -0.25) is 4.98 Å². The van der Waals surface area contributed by atoms with Crippen LogP contribution >= 0.6 is 55.1 Å². The number of hydrogen-bond acceptors (Lipinski definition) is 2. The fourth-order valence-corrected chi connectivity index (χ4v) is 3.32. The molecular weight excluding hydrogens is 453 g/mol. The molecular formula is C16H13Br2Cl2NO. The topological polar surface area (TPSA) is 33.1 Å². The fourth-order valence-electron chi connectivity index (χ4n) is 2.23. The SMILES string of the molecule is OC(c1cccnc1)C(C/C(Br)=C/Br)c1ccc(Cl)cc1Cl. The van der Waals surface area contributed by atoms with Crippen molar-refractivity contribution >= 4 is 55.1 Å². The van der Waals surface area contributed by atoms with Crippen LogP contribution in [0.3, 0.4) is 0 Å². The molecule has 1 N–H and O–H groups in total. The van der Waals surface area contributed by atoms with Crippen LogP contribution < -0.4 is 0 Å². The van der Waals surface area contributed by atoms with Crippen molar-refractivity contribution in [3.05, 3.63) is 73.4 Å². The third-order valence-electron chi connectivity index (χ3n) is 3.30. The lowest BCUT2D eigenvalue weighted by molar-refractivity contribution is 0.145. The normalized spacial score (nSPS) is 14.7. The molecule has 0 aliphatic heterocycles. The molecule has 0 fully saturated rings. The highest BCUT2D eigenvalue weighted by Gasteiger charge is 2.25. The van der Waals surface area contributed by atoms with Crippen molar-refractivity contribution < 1.29 is 5.11 Å². The number of aromatic nitrogens is 1. The standard InChI is InChI=1S/C16H13Br2Cl2NO/c17-8-11(18)6-14(13-4-3-12(19)7-15(13)20)16(22)10-2-1-5-21-9-10/h1-5,7-9,14,16,22H,6H2/b11-8-. The van der Waals surface area contributed by atoms with E-state index in [1.54, 1.807) is 35.6 Å². The molecule has 6 heteroatoms. The molecule has 0 saturated heterocycles. The van der Waals surface area contributed by atoms with Gasteiger partial charge in [0.2, 0.25) is 0 Å². The van der Waals surface area contributed by atoms with E-state index in [9.17, 15) is 5.11 Å². The molecule has 2 rings (SSSR count). The summed E-state index contributed by atoms with van der Waals surface area (Å²) in [6.45, 7) is 0. The van der Waals surface area contributed by atoms with Gasteiger partial charge in [-0.15, -0.1) is 0 Å². The summed E-state index contributed by atoms with van der Waals surface area (Å²) in [5.41, 5.74) is 1.59. The van der Waals surface area contributed by atoms with E-state index < -0.39 is 6.10 Å². The summed E-state index contributed by atoms with van der Waals surface area (Å²) in [6.07, 6.45) is 3.19. The third-order valence-corrected chi connectivity index (χ3v) is 5.58. The summed E-state index contributed by atoms with van der Waals surface area (Å²) in [4.78, 5) is 5.85. The van der Waals surface area contributed by atoms with Gasteiger partial charge in [-0.25, -0.2) is 0 Å². The van der Waals surface area contributed by atoms with Crippen LogP contribution in [0.1, 0.15) is 29.6 Å². The van der Waals surface area contributed by atoms with Gasteiger partial charge in [0.15, 0.2) is 0 Å². The maximum atomic E-state index is 10.8. The van der Waals surface area contributed by atoms with Crippen molar-refractivity contribution in [2.45, 2.75) is 18.4 Å². The maximum absolute atomic E-state index is 10.8. The van der Waals surface area contributed by atoms with Crippen molar-refractivity contribution in [3.63, 3.8) is 0 Å². The number of aliphatic hydroxyl groups excluding tert-OH is 1. The quantitative estimate of drug-likeness (QED) is 0.568.